The maximum atomic E-state index is 12.8. The summed E-state index contributed by atoms with van der Waals surface area (Å²) in [5.41, 5.74) is 8.02. The molecule has 0 spiro atoms. The quantitative estimate of drug-likeness (QED) is 0.668. The third-order valence-electron chi connectivity index (χ3n) is 3.09. The van der Waals surface area contributed by atoms with Crippen LogP contribution in [0.2, 0.25) is 0 Å². The van der Waals surface area contributed by atoms with Gasteiger partial charge in [0, 0.05) is 11.8 Å². The first-order valence-corrected chi connectivity index (χ1v) is 6.64. The second-order valence-electron chi connectivity index (χ2n) is 4.78. The van der Waals surface area contributed by atoms with Crippen LogP contribution in [0.15, 0.2) is 54.6 Å². The predicted octanol–water partition coefficient (Wildman–Crippen LogP) is 3.30. The van der Waals surface area contributed by atoms with E-state index < -0.39 is 0 Å². The molecule has 2 rings (SSSR count). The van der Waals surface area contributed by atoms with Gasteiger partial charge < -0.3 is 11.1 Å². The van der Waals surface area contributed by atoms with E-state index in [1.54, 1.807) is 30.3 Å². The lowest BCUT2D eigenvalue weighted by Crippen LogP contribution is -2.24. The number of carbonyl (C=O) groups is 1. The molecule has 1 unspecified atom stereocenters. The summed E-state index contributed by atoms with van der Waals surface area (Å²) in [5.74, 6) is -0.496. The summed E-state index contributed by atoms with van der Waals surface area (Å²) in [6, 6.07) is 13.1. The average molecular weight is 284 g/mol. The Kier molecular flexibility index (Phi) is 4.72. The lowest BCUT2D eigenvalue weighted by molar-refractivity contribution is -0.117. The number of amides is 1. The van der Waals surface area contributed by atoms with Crippen LogP contribution in [0.1, 0.15) is 24.1 Å². The highest BCUT2D eigenvalue weighted by molar-refractivity contribution is 5.92. The molecule has 0 aromatic heterocycles. The fraction of sp³-hybridized carbons (Fsp3) is 0.118. The Balaban J connectivity index is 1.94. The first kappa shape index (κ1) is 14.8. The van der Waals surface area contributed by atoms with E-state index in [1.165, 1.54) is 18.2 Å². The van der Waals surface area contributed by atoms with E-state index in [4.69, 9.17) is 5.73 Å². The Bertz CT molecular complexity index is 633. The lowest BCUT2D eigenvalue weighted by Gasteiger charge is -2.12. The summed E-state index contributed by atoms with van der Waals surface area (Å²) in [4.78, 5) is 11.8. The molecule has 0 saturated heterocycles. The average Bonchev–Trinajstić information content (AvgIpc) is 2.47. The van der Waals surface area contributed by atoms with Crippen LogP contribution in [0.4, 0.5) is 10.1 Å². The highest BCUT2D eigenvalue weighted by Crippen LogP contribution is 2.13. The number of nitrogen functional groups attached to an aromatic ring is 1. The van der Waals surface area contributed by atoms with E-state index in [0.717, 1.165) is 11.1 Å². The van der Waals surface area contributed by atoms with E-state index in [-0.39, 0.29) is 17.8 Å². The molecule has 4 heteroatoms. The van der Waals surface area contributed by atoms with Gasteiger partial charge >= 0.3 is 0 Å². The van der Waals surface area contributed by atoms with E-state index in [0.29, 0.717) is 5.69 Å². The Morgan fingerprint density at radius 2 is 1.76 bits per heavy atom. The van der Waals surface area contributed by atoms with Crippen LogP contribution in [0.5, 0.6) is 0 Å². The van der Waals surface area contributed by atoms with Gasteiger partial charge in [-0.2, -0.15) is 0 Å². The summed E-state index contributed by atoms with van der Waals surface area (Å²) < 4.78 is 12.8. The third-order valence-corrected chi connectivity index (χ3v) is 3.09. The highest BCUT2D eigenvalue weighted by Gasteiger charge is 2.07. The summed E-state index contributed by atoms with van der Waals surface area (Å²) in [7, 11) is 0. The number of rotatable bonds is 4. The summed E-state index contributed by atoms with van der Waals surface area (Å²) >= 11 is 0. The molecule has 108 valence electrons. The molecule has 1 amide bonds. The van der Waals surface area contributed by atoms with Crippen molar-refractivity contribution in [2.75, 3.05) is 5.73 Å². The van der Waals surface area contributed by atoms with Crippen LogP contribution in [-0.2, 0) is 4.79 Å². The van der Waals surface area contributed by atoms with Crippen molar-refractivity contribution >= 4 is 17.7 Å². The van der Waals surface area contributed by atoms with E-state index in [1.807, 2.05) is 19.1 Å². The van der Waals surface area contributed by atoms with Gasteiger partial charge in [0.2, 0.25) is 5.91 Å². The monoisotopic (exact) mass is 284 g/mol. The number of anilines is 1. The number of halogens is 1. The van der Waals surface area contributed by atoms with E-state index in [2.05, 4.69) is 5.32 Å². The van der Waals surface area contributed by atoms with Crippen molar-refractivity contribution in [3.63, 3.8) is 0 Å². The number of nitrogens with one attached hydrogen (secondary N) is 1. The summed E-state index contributed by atoms with van der Waals surface area (Å²) in [6.45, 7) is 1.85. The predicted molar refractivity (Wildman–Crippen MR) is 82.8 cm³/mol. The van der Waals surface area contributed by atoms with Crippen LogP contribution in [0.3, 0.4) is 0 Å². The number of carbonyl (C=O) groups excluding carboxylic acids is 1. The van der Waals surface area contributed by atoms with Crippen molar-refractivity contribution in [3.8, 4) is 0 Å². The van der Waals surface area contributed by atoms with Gasteiger partial charge in [0.25, 0.3) is 0 Å². The van der Waals surface area contributed by atoms with Crippen LogP contribution >= 0.6 is 0 Å². The Morgan fingerprint density at radius 1 is 1.14 bits per heavy atom. The molecule has 0 bridgehead atoms. The zero-order valence-corrected chi connectivity index (χ0v) is 11.7. The number of benzene rings is 2. The smallest absolute Gasteiger partial charge is 0.244 e. The molecular formula is C17H17FN2O. The zero-order valence-electron chi connectivity index (χ0n) is 11.7. The molecule has 21 heavy (non-hydrogen) atoms. The summed E-state index contributed by atoms with van der Waals surface area (Å²) in [6.07, 6.45) is 3.18. The van der Waals surface area contributed by atoms with Crippen molar-refractivity contribution in [2.24, 2.45) is 0 Å². The fourth-order valence-electron chi connectivity index (χ4n) is 1.88. The minimum Gasteiger partial charge on any atom is -0.399 e. The van der Waals surface area contributed by atoms with Gasteiger partial charge in [-0.15, -0.1) is 0 Å². The maximum Gasteiger partial charge on any atom is 0.244 e. The minimum atomic E-state index is -0.291. The standard InChI is InChI=1S/C17H17FN2O/c1-12(14-5-7-15(18)8-6-14)20-17(21)11-4-13-2-9-16(19)10-3-13/h2-12H,19H2,1H3,(H,20,21)/b11-4+. The van der Waals surface area contributed by atoms with Gasteiger partial charge in [-0.25, -0.2) is 4.39 Å². The molecule has 2 aromatic carbocycles. The van der Waals surface area contributed by atoms with Crippen molar-refractivity contribution in [1.29, 1.82) is 0 Å². The van der Waals surface area contributed by atoms with Crippen molar-refractivity contribution in [2.45, 2.75) is 13.0 Å². The Hall–Kier alpha value is -2.62. The molecule has 0 heterocycles. The Morgan fingerprint density at radius 3 is 2.38 bits per heavy atom. The molecule has 0 saturated carbocycles. The number of hydrogen-bond acceptors (Lipinski definition) is 2. The Labute approximate surface area is 123 Å². The van der Waals surface area contributed by atoms with Gasteiger partial charge in [-0.1, -0.05) is 24.3 Å². The first-order chi connectivity index (χ1) is 10.0. The van der Waals surface area contributed by atoms with Crippen molar-refractivity contribution < 1.29 is 9.18 Å². The molecule has 0 aliphatic heterocycles. The van der Waals surface area contributed by atoms with E-state index >= 15 is 0 Å². The van der Waals surface area contributed by atoms with Gasteiger partial charge in [-0.3, -0.25) is 4.79 Å². The second kappa shape index (κ2) is 6.70. The van der Waals surface area contributed by atoms with Crippen LogP contribution in [0, 0.1) is 5.82 Å². The first-order valence-electron chi connectivity index (χ1n) is 6.64. The van der Waals surface area contributed by atoms with Gasteiger partial charge in [0.15, 0.2) is 0 Å². The summed E-state index contributed by atoms with van der Waals surface area (Å²) in [5, 5.41) is 2.82. The maximum absolute atomic E-state index is 12.8. The third kappa shape index (κ3) is 4.45. The fourth-order valence-corrected chi connectivity index (χ4v) is 1.88. The van der Waals surface area contributed by atoms with Crippen molar-refractivity contribution in [3.05, 3.63) is 71.6 Å². The SMILES string of the molecule is CC(NC(=O)/C=C/c1ccc(N)cc1)c1ccc(F)cc1. The highest BCUT2D eigenvalue weighted by atomic mass is 19.1. The minimum absolute atomic E-state index is 0.186. The number of hydrogen-bond donors (Lipinski definition) is 2. The topological polar surface area (TPSA) is 55.1 Å². The molecule has 3 N–H and O–H groups in total. The largest absolute Gasteiger partial charge is 0.399 e. The van der Waals surface area contributed by atoms with Gasteiger partial charge in [0.1, 0.15) is 5.82 Å². The normalized spacial score (nSPS) is 12.3. The van der Waals surface area contributed by atoms with E-state index in [9.17, 15) is 9.18 Å². The molecule has 3 nitrogen and oxygen atoms in total. The molecule has 0 aliphatic rings. The van der Waals surface area contributed by atoms with Crippen LogP contribution in [0.25, 0.3) is 6.08 Å². The van der Waals surface area contributed by atoms with Crippen LogP contribution < -0.4 is 11.1 Å². The lowest BCUT2D eigenvalue weighted by atomic mass is 10.1. The molecular weight excluding hydrogens is 267 g/mol. The van der Waals surface area contributed by atoms with Gasteiger partial charge in [0.05, 0.1) is 6.04 Å². The second-order valence-corrected chi connectivity index (χ2v) is 4.78. The molecule has 0 aliphatic carbocycles. The van der Waals surface area contributed by atoms with Gasteiger partial charge in [-0.05, 0) is 48.4 Å². The van der Waals surface area contributed by atoms with Crippen LogP contribution in [-0.4, -0.2) is 5.91 Å². The van der Waals surface area contributed by atoms with Crippen molar-refractivity contribution in [1.82, 2.24) is 5.32 Å². The molecule has 0 fully saturated rings. The molecule has 2 aromatic rings. The molecule has 0 radical (unpaired) electrons. The zero-order chi connectivity index (χ0) is 15.2. The molecule has 1 atom stereocenters. The number of nitrogens with two attached hydrogens (primary N) is 1.